The van der Waals surface area contributed by atoms with E-state index in [0.717, 1.165) is 6.42 Å². The standard InChI is InChI=1S/C14H14NO.Al.H2O/c1-11(16)15-10-9-13-7-4-6-12-5-2-3-8-14(12)13;;/h2-8,10H,9H2,1H3,(H,15,16);;1H2. The fourth-order valence-corrected chi connectivity index (χ4v) is 2.51. The van der Waals surface area contributed by atoms with Crippen molar-refractivity contribution in [1.29, 1.82) is 0 Å². The van der Waals surface area contributed by atoms with E-state index in [1.807, 2.05) is 12.1 Å². The minimum absolute atomic E-state index is 0. The zero-order valence-electron chi connectivity index (χ0n) is 10.3. The van der Waals surface area contributed by atoms with Crippen LogP contribution in [0.4, 0.5) is 0 Å². The third-order valence-corrected chi connectivity index (χ3v) is 3.11. The molecule has 0 saturated carbocycles. The second-order valence-electron chi connectivity index (χ2n) is 4.15. The van der Waals surface area contributed by atoms with Crippen molar-refractivity contribution in [2.24, 2.45) is 0 Å². The van der Waals surface area contributed by atoms with Gasteiger partial charge in [0.2, 0.25) is 5.91 Å². The lowest BCUT2D eigenvalue weighted by Gasteiger charge is -2.15. The molecule has 3 nitrogen and oxygen atoms in total. The molecule has 2 radical (unpaired) electrons. The summed E-state index contributed by atoms with van der Waals surface area (Å²) < 4.78 is 0. The Morgan fingerprint density at radius 2 is 1.89 bits per heavy atom. The zero-order valence-corrected chi connectivity index (χ0v) is 11.5. The fourth-order valence-electron chi connectivity index (χ4n) is 2.02. The van der Waals surface area contributed by atoms with Gasteiger partial charge in [-0.1, -0.05) is 42.5 Å². The van der Waals surface area contributed by atoms with Crippen LogP contribution < -0.4 is 5.32 Å². The van der Waals surface area contributed by atoms with Crippen LogP contribution in [0.3, 0.4) is 0 Å². The monoisotopic (exact) mass is 257 g/mol. The molecular weight excluding hydrogens is 241 g/mol. The Labute approximate surface area is 115 Å². The molecule has 2 aromatic rings. The molecule has 0 aliphatic heterocycles. The summed E-state index contributed by atoms with van der Waals surface area (Å²) in [5, 5.41) is 5.38. The summed E-state index contributed by atoms with van der Waals surface area (Å²) in [7, 11) is 0. The van der Waals surface area contributed by atoms with Gasteiger partial charge in [0, 0.05) is 6.92 Å². The molecule has 0 heterocycles. The van der Waals surface area contributed by atoms with E-state index in [-0.39, 0.29) is 16.3 Å². The number of amides is 1. The predicted octanol–water partition coefficient (Wildman–Crippen LogP) is 1.19. The van der Waals surface area contributed by atoms with Crippen molar-refractivity contribution in [2.45, 2.75) is 18.2 Å². The van der Waals surface area contributed by atoms with Crippen molar-refractivity contribution in [3.63, 3.8) is 0 Å². The molecule has 0 aromatic heterocycles. The number of benzene rings is 2. The molecule has 0 aliphatic rings. The van der Waals surface area contributed by atoms with E-state index in [1.165, 1.54) is 16.3 Å². The first-order valence-corrected chi connectivity index (χ1v) is 6.33. The Balaban J connectivity index is 0.00000162. The van der Waals surface area contributed by atoms with Gasteiger partial charge in [0.15, 0.2) is 16.3 Å². The Bertz CT molecular complexity index is 537. The van der Waals surface area contributed by atoms with Crippen LogP contribution in [0.1, 0.15) is 12.5 Å². The molecule has 18 heavy (non-hydrogen) atoms. The predicted molar refractivity (Wildman–Crippen MR) is 74.6 cm³/mol. The van der Waals surface area contributed by atoms with Crippen molar-refractivity contribution in [3.05, 3.63) is 48.0 Å². The van der Waals surface area contributed by atoms with E-state index in [1.54, 1.807) is 6.92 Å². The Kier molecular flexibility index (Phi) is 5.36. The number of hydrogen-bond acceptors (Lipinski definition) is 1. The second kappa shape index (κ2) is 6.56. The highest BCUT2D eigenvalue weighted by Gasteiger charge is 2.06. The summed E-state index contributed by atoms with van der Waals surface area (Å²) in [5.74, 6) is 0.00485. The summed E-state index contributed by atoms with van der Waals surface area (Å²) in [5.41, 5.74) is 1.26. The Morgan fingerprint density at radius 3 is 2.61 bits per heavy atom. The number of fused-ring (bicyclic) bond motifs is 1. The summed E-state index contributed by atoms with van der Waals surface area (Å²) >= 11 is 2.67. The van der Waals surface area contributed by atoms with E-state index in [4.69, 9.17) is 0 Å². The number of rotatable bonds is 3. The average molecular weight is 257 g/mol. The van der Waals surface area contributed by atoms with Crippen LogP contribution >= 0.6 is 0 Å². The van der Waals surface area contributed by atoms with Gasteiger partial charge in [0.05, 0.1) is 0 Å². The maximum Gasteiger partial charge on any atom is 0.215 e. The van der Waals surface area contributed by atoms with Crippen molar-refractivity contribution >= 4 is 33.0 Å². The molecule has 1 atom stereocenters. The molecule has 3 N–H and O–H groups in total. The highest BCUT2D eigenvalue weighted by molar-refractivity contribution is 6.13. The van der Waals surface area contributed by atoms with E-state index in [2.05, 4.69) is 51.9 Å². The van der Waals surface area contributed by atoms with E-state index < -0.39 is 0 Å². The minimum Gasteiger partial charge on any atom is -0.412 e. The SMILES string of the molecule is CC(=O)N[C@@H]([Al])Cc1cccc2ccccc12.O. The molecule has 4 heteroatoms. The van der Waals surface area contributed by atoms with Gasteiger partial charge in [-0.15, -0.1) is 0 Å². The molecule has 0 fully saturated rings. The molecule has 1 amide bonds. The lowest BCUT2D eigenvalue weighted by Crippen LogP contribution is -2.35. The van der Waals surface area contributed by atoms with E-state index in [0.29, 0.717) is 0 Å². The molecule has 0 unspecified atom stereocenters. The molecular formula is C14H16AlNO2. The Morgan fingerprint density at radius 1 is 1.22 bits per heavy atom. The molecule has 0 spiro atoms. The van der Waals surface area contributed by atoms with Crippen LogP contribution in [0.5, 0.6) is 0 Å². The van der Waals surface area contributed by atoms with Gasteiger partial charge in [-0.25, -0.2) is 0 Å². The van der Waals surface area contributed by atoms with Gasteiger partial charge < -0.3 is 10.8 Å². The normalized spacial score (nSPS) is 11.6. The highest BCUT2D eigenvalue weighted by atomic mass is 27.0. The molecule has 0 bridgehead atoms. The van der Waals surface area contributed by atoms with Gasteiger partial charge in [-0.3, -0.25) is 4.79 Å². The molecule has 2 rings (SSSR count). The number of carbonyl (C=O) groups excluding carboxylic acids is 1. The van der Waals surface area contributed by atoms with Crippen molar-refractivity contribution in [2.75, 3.05) is 0 Å². The lowest BCUT2D eigenvalue weighted by molar-refractivity contribution is -0.119. The zero-order chi connectivity index (χ0) is 12.3. The average Bonchev–Trinajstić information content (AvgIpc) is 2.28. The first-order chi connectivity index (χ1) is 8.16. The first-order valence-electron chi connectivity index (χ1n) is 5.66. The third-order valence-electron chi connectivity index (χ3n) is 2.71. The number of hydrogen-bond donors (Lipinski definition) is 1. The van der Waals surface area contributed by atoms with E-state index in [9.17, 15) is 4.79 Å². The summed E-state index contributed by atoms with van der Waals surface area (Å²) in [6, 6.07) is 14.6. The van der Waals surface area contributed by atoms with Crippen molar-refractivity contribution in [3.8, 4) is 0 Å². The van der Waals surface area contributed by atoms with Crippen molar-refractivity contribution in [1.82, 2.24) is 5.32 Å². The van der Waals surface area contributed by atoms with Gasteiger partial charge in [-0.2, -0.15) is 0 Å². The minimum atomic E-state index is 0. The third kappa shape index (κ3) is 3.58. The van der Waals surface area contributed by atoms with Gasteiger partial charge >= 0.3 is 0 Å². The van der Waals surface area contributed by atoms with Crippen LogP contribution in [0, 0.1) is 0 Å². The van der Waals surface area contributed by atoms with Gasteiger partial charge in [-0.05, 0) is 27.7 Å². The van der Waals surface area contributed by atoms with E-state index >= 15 is 0 Å². The quantitative estimate of drug-likeness (QED) is 0.825. The molecule has 0 aliphatic carbocycles. The topological polar surface area (TPSA) is 60.6 Å². The second-order valence-corrected chi connectivity index (χ2v) is 4.95. The number of carbonyl (C=O) groups is 1. The largest absolute Gasteiger partial charge is 0.412 e. The maximum absolute atomic E-state index is 11.0. The summed E-state index contributed by atoms with van der Waals surface area (Å²) in [6.07, 6.45) is 0.825. The van der Waals surface area contributed by atoms with Crippen LogP contribution in [-0.2, 0) is 11.2 Å². The fraction of sp³-hybridized carbons (Fsp3) is 0.214. The van der Waals surface area contributed by atoms with Crippen LogP contribution in [0.25, 0.3) is 10.8 Å². The number of nitrogens with one attached hydrogen (secondary N) is 1. The maximum atomic E-state index is 11.0. The summed E-state index contributed by atoms with van der Waals surface area (Å²) in [6.45, 7) is 1.54. The van der Waals surface area contributed by atoms with Crippen LogP contribution in [0.15, 0.2) is 42.5 Å². The van der Waals surface area contributed by atoms with Crippen molar-refractivity contribution < 1.29 is 10.3 Å². The van der Waals surface area contributed by atoms with Crippen LogP contribution in [0.2, 0.25) is 0 Å². The van der Waals surface area contributed by atoms with Crippen LogP contribution in [-0.4, -0.2) is 32.6 Å². The molecule has 2 aromatic carbocycles. The smallest absolute Gasteiger partial charge is 0.215 e. The van der Waals surface area contributed by atoms with Gasteiger partial charge in [0.1, 0.15) is 0 Å². The summed E-state index contributed by atoms with van der Waals surface area (Å²) in [4.78, 5) is 11.1. The first kappa shape index (κ1) is 14.7. The lowest BCUT2D eigenvalue weighted by atomic mass is 10.0. The Hall–Kier alpha value is -1.34. The molecule has 0 saturated heterocycles. The highest BCUT2D eigenvalue weighted by Crippen LogP contribution is 2.19. The van der Waals surface area contributed by atoms with Gasteiger partial charge in [0.25, 0.3) is 0 Å². The molecule has 92 valence electrons.